The number of anilines is 1. The maximum absolute atomic E-state index is 12.2. The minimum absolute atomic E-state index is 0.143. The van der Waals surface area contributed by atoms with E-state index < -0.39 is 0 Å². The first-order valence-electron chi connectivity index (χ1n) is 9.85. The fourth-order valence-corrected chi connectivity index (χ4v) is 3.81. The lowest BCUT2D eigenvalue weighted by Gasteiger charge is -2.32. The number of hydrogen-bond acceptors (Lipinski definition) is 5. The van der Waals surface area contributed by atoms with Crippen molar-refractivity contribution in [2.24, 2.45) is 5.92 Å². The van der Waals surface area contributed by atoms with Crippen LogP contribution in [-0.4, -0.2) is 69.3 Å². The Hall–Kier alpha value is -1.66. The molecule has 0 saturated carbocycles. The lowest BCUT2D eigenvalue weighted by molar-refractivity contribution is -0.127. The second kappa shape index (κ2) is 9.33. The topological polar surface area (TPSA) is 57.7 Å². The van der Waals surface area contributed by atoms with Crippen LogP contribution in [0.3, 0.4) is 0 Å². The van der Waals surface area contributed by atoms with Gasteiger partial charge in [-0.25, -0.2) is 4.98 Å². The van der Waals surface area contributed by atoms with Crippen LogP contribution in [-0.2, 0) is 9.53 Å². The third kappa shape index (κ3) is 5.17. The molecule has 1 amide bonds. The number of piperidine rings is 1. The van der Waals surface area contributed by atoms with E-state index in [9.17, 15) is 4.79 Å². The molecule has 2 saturated heterocycles. The predicted molar refractivity (Wildman–Crippen MR) is 104 cm³/mol. The number of hydrogen-bond donors (Lipinski definition) is 1. The smallest absolute Gasteiger partial charge is 0.223 e. The fraction of sp³-hybridized carbons (Fsp3) is 0.700. The van der Waals surface area contributed by atoms with Crippen molar-refractivity contribution in [2.45, 2.75) is 31.6 Å². The van der Waals surface area contributed by atoms with Gasteiger partial charge >= 0.3 is 0 Å². The summed E-state index contributed by atoms with van der Waals surface area (Å²) in [4.78, 5) is 21.5. The molecule has 0 aliphatic carbocycles. The van der Waals surface area contributed by atoms with Crippen LogP contribution in [0.15, 0.2) is 18.2 Å². The van der Waals surface area contributed by atoms with Gasteiger partial charge in [-0.05, 0) is 50.9 Å². The number of likely N-dealkylation sites (tertiary alicyclic amines) is 1. The van der Waals surface area contributed by atoms with Gasteiger partial charge in [0.25, 0.3) is 0 Å². The number of nitrogens with zero attached hydrogens (tertiary/aromatic N) is 3. The zero-order valence-corrected chi connectivity index (χ0v) is 16.1. The molecule has 3 rings (SSSR count). The van der Waals surface area contributed by atoms with E-state index in [1.165, 1.54) is 5.69 Å². The van der Waals surface area contributed by atoms with E-state index in [0.29, 0.717) is 19.1 Å². The Morgan fingerprint density at radius 1 is 1.23 bits per heavy atom. The van der Waals surface area contributed by atoms with E-state index in [1.54, 1.807) is 0 Å². The van der Waals surface area contributed by atoms with E-state index in [4.69, 9.17) is 9.72 Å². The molecule has 1 N–H and O–H groups in total. The summed E-state index contributed by atoms with van der Waals surface area (Å²) in [6, 6.07) is 6.32. The number of pyridine rings is 1. The molecule has 2 fully saturated rings. The molecule has 2 aliphatic heterocycles. The summed E-state index contributed by atoms with van der Waals surface area (Å²) in [5.74, 6) is 1.92. The molecule has 6 nitrogen and oxygen atoms in total. The number of aromatic nitrogens is 1. The van der Waals surface area contributed by atoms with Crippen LogP contribution >= 0.6 is 0 Å². The predicted octanol–water partition coefficient (Wildman–Crippen LogP) is 1.87. The Labute approximate surface area is 156 Å². The van der Waals surface area contributed by atoms with Gasteiger partial charge in [-0.3, -0.25) is 4.79 Å². The number of amides is 1. The normalized spacial score (nSPS) is 20.1. The first kappa shape index (κ1) is 19.1. The summed E-state index contributed by atoms with van der Waals surface area (Å²) < 4.78 is 5.32. The van der Waals surface area contributed by atoms with Crippen LogP contribution < -0.4 is 10.2 Å². The molecule has 0 atom stereocenters. The molecule has 26 heavy (non-hydrogen) atoms. The van der Waals surface area contributed by atoms with Gasteiger partial charge in [0.2, 0.25) is 5.91 Å². The quantitative estimate of drug-likeness (QED) is 0.839. The van der Waals surface area contributed by atoms with Crippen LogP contribution in [0.25, 0.3) is 0 Å². The Balaban J connectivity index is 1.38. The number of carbonyl (C=O) groups excluding carboxylic acids is 1. The molecule has 1 aromatic rings. The van der Waals surface area contributed by atoms with Gasteiger partial charge in [0.05, 0.1) is 0 Å². The molecule has 3 heterocycles. The molecule has 144 valence electrons. The number of nitrogens with one attached hydrogen (secondary N) is 1. The Morgan fingerprint density at radius 3 is 2.65 bits per heavy atom. The third-order valence-electron chi connectivity index (χ3n) is 5.54. The van der Waals surface area contributed by atoms with Gasteiger partial charge in [0.15, 0.2) is 0 Å². The van der Waals surface area contributed by atoms with Crippen molar-refractivity contribution < 1.29 is 9.53 Å². The first-order valence-corrected chi connectivity index (χ1v) is 9.85. The van der Waals surface area contributed by atoms with Crippen molar-refractivity contribution in [3.8, 4) is 0 Å². The van der Waals surface area contributed by atoms with Crippen molar-refractivity contribution in [3.63, 3.8) is 0 Å². The van der Waals surface area contributed by atoms with Gasteiger partial charge in [-0.15, -0.1) is 0 Å². The lowest BCUT2D eigenvalue weighted by Crippen LogP contribution is -2.41. The van der Waals surface area contributed by atoms with Gasteiger partial charge in [0.1, 0.15) is 5.82 Å². The molecule has 2 aliphatic rings. The summed E-state index contributed by atoms with van der Waals surface area (Å²) in [6.07, 6.45) is 3.99. The van der Waals surface area contributed by atoms with Crippen LogP contribution in [0.5, 0.6) is 0 Å². The van der Waals surface area contributed by atoms with E-state index in [1.807, 2.05) is 14.1 Å². The maximum Gasteiger partial charge on any atom is 0.223 e. The number of rotatable bonds is 6. The average molecular weight is 361 g/mol. The van der Waals surface area contributed by atoms with Crippen molar-refractivity contribution in [1.82, 2.24) is 15.2 Å². The summed E-state index contributed by atoms with van der Waals surface area (Å²) in [7, 11) is 4.06. The number of ether oxygens (including phenoxy) is 1. The molecule has 0 radical (unpaired) electrons. The van der Waals surface area contributed by atoms with Crippen molar-refractivity contribution in [3.05, 3.63) is 23.9 Å². The number of carbonyl (C=O) groups is 1. The van der Waals surface area contributed by atoms with Crippen LogP contribution in [0.4, 0.5) is 5.82 Å². The van der Waals surface area contributed by atoms with E-state index in [-0.39, 0.29) is 11.8 Å². The van der Waals surface area contributed by atoms with Gasteiger partial charge < -0.3 is 19.9 Å². The molecule has 0 aromatic carbocycles. The van der Waals surface area contributed by atoms with Crippen LogP contribution in [0.2, 0.25) is 0 Å². The Morgan fingerprint density at radius 2 is 1.96 bits per heavy atom. The summed E-state index contributed by atoms with van der Waals surface area (Å²) in [5.41, 5.74) is 1.21. The van der Waals surface area contributed by atoms with Gasteiger partial charge in [0, 0.05) is 57.9 Å². The van der Waals surface area contributed by atoms with E-state index in [0.717, 1.165) is 57.7 Å². The molecule has 1 aromatic heterocycles. The Kier molecular flexibility index (Phi) is 6.86. The molecular weight excluding hydrogens is 328 g/mol. The summed E-state index contributed by atoms with van der Waals surface area (Å²) in [5, 5.41) is 3.11. The molecular formula is C20H32N4O2. The highest BCUT2D eigenvalue weighted by atomic mass is 16.5. The minimum Gasteiger partial charge on any atom is -0.381 e. The van der Waals surface area contributed by atoms with E-state index >= 15 is 0 Å². The van der Waals surface area contributed by atoms with Crippen LogP contribution in [0.1, 0.15) is 37.3 Å². The average Bonchev–Trinajstić information content (AvgIpc) is 2.69. The fourth-order valence-electron chi connectivity index (χ4n) is 3.81. The van der Waals surface area contributed by atoms with Gasteiger partial charge in [-0.1, -0.05) is 6.07 Å². The monoisotopic (exact) mass is 360 g/mol. The minimum atomic E-state index is 0.143. The van der Waals surface area contributed by atoms with Crippen molar-refractivity contribution in [2.75, 3.05) is 58.4 Å². The molecule has 0 bridgehead atoms. The molecule has 0 spiro atoms. The van der Waals surface area contributed by atoms with Crippen molar-refractivity contribution in [1.29, 1.82) is 0 Å². The zero-order valence-electron chi connectivity index (χ0n) is 16.1. The highest BCUT2D eigenvalue weighted by Gasteiger charge is 2.23. The lowest BCUT2D eigenvalue weighted by atomic mass is 9.93. The van der Waals surface area contributed by atoms with Crippen molar-refractivity contribution >= 4 is 11.7 Å². The Bertz CT molecular complexity index is 579. The van der Waals surface area contributed by atoms with Gasteiger partial charge in [-0.2, -0.15) is 0 Å². The molecule has 6 heteroatoms. The second-order valence-electron chi connectivity index (χ2n) is 7.61. The standard InChI is InChI=1S/C20H32N4O2/c1-23(2)19-5-3-4-18(22-19)16-6-11-24(12-7-16)13-10-21-20(25)17-8-14-26-15-9-17/h3-5,16-17H,6-15H2,1-2H3,(H,21,25). The zero-order chi connectivity index (χ0) is 18.4. The summed E-state index contributed by atoms with van der Waals surface area (Å²) in [6.45, 7) is 5.27. The highest BCUT2D eigenvalue weighted by Crippen LogP contribution is 2.27. The second-order valence-corrected chi connectivity index (χ2v) is 7.61. The largest absolute Gasteiger partial charge is 0.381 e. The highest BCUT2D eigenvalue weighted by molar-refractivity contribution is 5.78. The van der Waals surface area contributed by atoms with Crippen LogP contribution in [0, 0.1) is 5.92 Å². The summed E-state index contributed by atoms with van der Waals surface area (Å²) >= 11 is 0. The van der Waals surface area contributed by atoms with E-state index in [2.05, 4.69) is 33.3 Å². The molecule has 0 unspecified atom stereocenters. The third-order valence-corrected chi connectivity index (χ3v) is 5.54. The first-order chi connectivity index (χ1) is 12.6. The maximum atomic E-state index is 12.2. The SMILES string of the molecule is CN(C)c1cccc(C2CCN(CCNC(=O)C3CCOCC3)CC2)n1.